The van der Waals surface area contributed by atoms with E-state index in [0.717, 1.165) is 0 Å². The second-order valence-electron chi connectivity index (χ2n) is 5.49. The second-order valence-corrected chi connectivity index (χ2v) is 6.34. The fourth-order valence-electron chi connectivity index (χ4n) is 2.59. The molecule has 1 N–H and O–H groups in total. The van der Waals surface area contributed by atoms with Crippen LogP contribution in [-0.2, 0) is 0 Å². The van der Waals surface area contributed by atoms with Crippen LogP contribution in [0, 0.1) is 16.0 Å². The molecule has 0 saturated carbocycles. The first-order chi connectivity index (χ1) is 10.8. The van der Waals surface area contributed by atoms with Gasteiger partial charge in [0, 0.05) is 12.7 Å². The molecule has 1 fully saturated rings. The Hall–Kier alpha value is -1.42. The predicted octanol–water partition coefficient (Wildman–Crippen LogP) is 3.44. The summed E-state index contributed by atoms with van der Waals surface area (Å²) < 4.78 is 37.5. The van der Waals surface area contributed by atoms with E-state index in [1.807, 2.05) is 0 Å². The van der Waals surface area contributed by atoms with Crippen LogP contribution in [0.5, 0.6) is 0 Å². The Morgan fingerprint density at radius 3 is 2.61 bits per heavy atom. The Bertz CT molecular complexity index is 563. The minimum atomic E-state index is -4.17. The summed E-state index contributed by atoms with van der Waals surface area (Å²) in [5, 5.41) is 14.0. The number of piperidine rings is 1. The van der Waals surface area contributed by atoms with Crippen molar-refractivity contribution in [2.45, 2.75) is 19.0 Å². The van der Waals surface area contributed by atoms with Crippen LogP contribution in [0.25, 0.3) is 0 Å². The van der Waals surface area contributed by atoms with Crippen LogP contribution in [0.3, 0.4) is 0 Å². The van der Waals surface area contributed by atoms with Crippen molar-refractivity contribution in [3.05, 3.63) is 27.0 Å². The van der Waals surface area contributed by atoms with E-state index in [9.17, 15) is 23.3 Å². The number of aromatic nitrogens is 1. The van der Waals surface area contributed by atoms with Crippen LogP contribution in [0.2, 0.25) is 0 Å². The molecule has 0 spiro atoms. The van der Waals surface area contributed by atoms with Gasteiger partial charge in [-0.25, -0.2) is 0 Å². The molecular formula is C13H16BrF3N4O2. The quantitative estimate of drug-likeness (QED) is 0.609. The minimum Gasteiger partial charge on any atom is -0.378 e. The first-order valence-electron chi connectivity index (χ1n) is 7.07. The maximum atomic E-state index is 12.3. The van der Waals surface area contributed by atoms with Gasteiger partial charge in [0.2, 0.25) is 0 Å². The van der Waals surface area contributed by atoms with E-state index < -0.39 is 17.6 Å². The molecule has 0 atom stereocenters. The number of alkyl halides is 3. The lowest BCUT2D eigenvalue weighted by Gasteiger charge is -2.32. The van der Waals surface area contributed by atoms with Crippen molar-refractivity contribution in [3.63, 3.8) is 0 Å². The van der Waals surface area contributed by atoms with Gasteiger partial charge in [-0.05, 0) is 47.8 Å². The van der Waals surface area contributed by atoms with Gasteiger partial charge in [-0.1, -0.05) is 0 Å². The van der Waals surface area contributed by atoms with E-state index in [2.05, 4.69) is 26.2 Å². The lowest BCUT2D eigenvalue weighted by Crippen LogP contribution is -2.41. The maximum absolute atomic E-state index is 12.3. The molecule has 2 heterocycles. The molecular weight excluding hydrogens is 381 g/mol. The number of hydrogen-bond acceptors (Lipinski definition) is 5. The zero-order valence-electron chi connectivity index (χ0n) is 12.1. The van der Waals surface area contributed by atoms with Crippen LogP contribution in [-0.4, -0.2) is 47.2 Å². The van der Waals surface area contributed by atoms with Gasteiger partial charge in [0.1, 0.15) is 11.9 Å². The smallest absolute Gasteiger partial charge is 0.378 e. The van der Waals surface area contributed by atoms with Crippen molar-refractivity contribution >= 4 is 27.3 Å². The summed E-state index contributed by atoms with van der Waals surface area (Å²) in [6.45, 7) is 0.356. The lowest BCUT2D eigenvalue weighted by molar-refractivity contribution is -0.384. The molecule has 1 aliphatic rings. The zero-order valence-corrected chi connectivity index (χ0v) is 13.7. The molecule has 0 aliphatic carbocycles. The molecule has 23 heavy (non-hydrogen) atoms. The van der Waals surface area contributed by atoms with E-state index in [4.69, 9.17) is 0 Å². The number of hydrogen-bond donors (Lipinski definition) is 1. The highest BCUT2D eigenvalue weighted by Crippen LogP contribution is 2.32. The molecule has 1 aromatic heterocycles. The molecule has 1 aliphatic heterocycles. The standard InChI is InChI=1S/C13H16BrF3N4O2/c14-10-6-18-7-11(21(22)23)12(10)19-5-9-1-3-20(4-2-9)8-13(15,16)17/h6-7,9H,1-5,8H2,(H,18,19). The van der Waals surface area contributed by atoms with E-state index in [1.165, 1.54) is 17.3 Å². The summed E-state index contributed by atoms with van der Waals surface area (Å²) in [4.78, 5) is 15.6. The first kappa shape index (κ1) is 17.9. The number of rotatable bonds is 5. The number of halogens is 4. The predicted molar refractivity (Wildman–Crippen MR) is 82.3 cm³/mol. The van der Waals surface area contributed by atoms with Gasteiger partial charge < -0.3 is 5.32 Å². The van der Waals surface area contributed by atoms with E-state index in [0.29, 0.717) is 42.6 Å². The number of pyridine rings is 1. The third kappa shape index (κ3) is 5.31. The van der Waals surface area contributed by atoms with Crippen molar-refractivity contribution in [2.75, 3.05) is 31.5 Å². The van der Waals surface area contributed by atoms with Crippen LogP contribution in [0.4, 0.5) is 24.5 Å². The van der Waals surface area contributed by atoms with Crippen LogP contribution >= 0.6 is 15.9 Å². The number of nitro groups is 1. The Balaban J connectivity index is 1.88. The van der Waals surface area contributed by atoms with Crippen molar-refractivity contribution in [1.29, 1.82) is 0 Å². The van der Waals surface area contributed by atoms with Gasteiger partial charge in [0.15, 0.2) is 0 Å². The SMILES string of the molecule is O=[N+]([O-])c1cncc(Br)c1NCC1CCN(CC(F)(F)F)CC1. The number of nitrogens with zero attached hydrogens (tertiary/aromatic N) is 3. The monoisotopic (exact) mass is 396 g/mol. The van der Waals surface area contributed by atoms with Gasteiger partial charge in [0.25, 0.3) is 0 Å². The molecule has 0 radical (unpaired) electrons. The van der Waals surface area contributed by atoms with Gasteiger partial charge in [-0.3, -0.25) is 20.0 Å². The lowest BCUT2D eigenvalue weighted by atomic mass is 9.96. The van der Waals surface area contributed by atoms with Crippen molar-refractivity contribution in [2.24, 2.45) is 5.92 Å². The molecule has 2 rings (SSSR count). The van der Waals surface area contributed by atoms with Crippen LogP contribution in [0.1, 0.15) is 12.8 Å². The molecule has 0 bridgehead atoms. The minimum absolute atomic E-state index is 0.131. The number of likely N-dealkylation sites (tertiary alicyclic amines) is 1. The molecule has 0 unspecified atom stereocenters. The van der Waals surface area contributed by atoms with E-state index >= 15 is 0 Å². The molecule has 128 valence electrons. The summed E-state index contributed by atoms with van der Waals surface area (Å²) >= 11 is 3.22. The van der Waals surface area contributed by atoms with Gasteiger partial charge in [0.05, 0.1) is 15.9 Å². The summed E-state index contributed by atoms with van der Waals surface area (Å²) in [5.74, 6) is 0.180. The third-order valence-corrected chi connectivity index (χ3v) is 4.36. The molecule has 1 aromatic rings. The fraction of sp³-hybridized carbons (Fsp3) is 0.615. The Labute approximate surface area is 139 Å². The van der Waals surface area contributed by atoms with Gasteiger partial charge in [-0.2, -0.15) is 13.2 Å². The summed E-state index contributed by atoms with van der Waals surface area (Å²) in [6.07, 6.45) is -0.299. The Morgan fingerprint density at radius 1 is 1.39 bits per heavy atom. The maximum Gasteiger partial charge on any atom is 0.401 e. The highest BCUT2D eigenvalue weighted by molar-refractivity contribution is 9.10. The first-order valence-corrected chi connectivity index (χ1v) is 7.86. The van der Waals surface area contributed by atoms with Crippen LogP contribution < -0.4 is 5.32 Å². The number of nitrogens with one attached hydrogen (secondary N) is 1. The zero-order chi connectivity index (χ0) is 17.0. The van der Waals surface area contributed by atoms with Gasteiger partial charge in [-0.15, -0.1) is 0 Å². The highest BCUT2D eigenvalue weighted by atomic mass is 79.9. The van der Waals surface area contributed by atoms with Crippen LogP contribution in [0.15, 0.2) is 16.9 Å². The largest absolute Gasteiger partial charge is 0.401 e. The normalized spacial score (nSPS) is 17.2. The molecule has 0 aromatic carbocycles. The molecule has 6 nitrogen and oxygen atoms in total. The number of anilines is 1. The van der Waals surface area contributed by atoms with Crippen molar-refractivity contribution < 1.29 is 18.1 Å². The average Bonchev–Trinajstić information content (AvgIpc) is 2.45. The van der Waals surface area contributed by atoms with Crippen molar-refractivity contribution in [3.8, 4) is 0 Å². The topological polar surface area (TPSA) is 71.3 Å². The Morgan fingerprint density at radius 2 is 2.04 bits per heavy atom. The molecule has 10 heteroatoms. The summed E-state index contributed by atoms with van der Waals surface area (Å²) in [7, 11) is 0. The molecule has 0 amide bonds. The highest BCUT2D eigenvalue weighted by Gasteiger charge is 2.32. The fourth-order valence-corrected chi connectivity index (χ4v) is 3.05. The summed E-state index contributed by atoms with van der Waals surface area (Å²) in [5.41, 5.74) is 0.219. The Kier molecular flexibility index (Phi) is 5.79. The second kappa shape index (κ2) is 7.43. The van der Waals surface area contributed by atoms with Crippen molar-refractivity contribution in [1.82, 2.24) is 9.88 Å². The van der Waals surface area contributed by atoms with E-state index in [-0.39, 0.29) is 11.6 Å². The van der Waals surface area contributed by atoms with Gasteiger partial charge >= 0.3 is 11.9 Å². The van der Waals surface area contributed by atoms with E-state index in [1.54, 1.807) is 0 Å². The summed E-state index contributed by atoms with van der Waals surface area (Å²) in [6, 6.07) is 0. The average molecular weight is 397 g/mol. The third-order valence-electron chi connectivity index (χ3n) is 3.75. The molecule has 1 saturated heterocycles.